The molecule has 0 saturated carbocycles. The van der Waals surface area contributed by atoms with E-state index in [0.717, 1.165) is 5.39 Å². The van der Waals surface area contributed by atoms with Crippen LogP contribution in [-0.4, -0.2) is 5.71 Å². The van der Waals surface area contributed by atoms with Crippen LogP contribution in [0, 0.1) is 0 Å². The van der Waals surface area contributed by atoms with Gasteiger partial charge in [0.05, 0.1) is 11.3 Å². The highest BCUT2D eigenvalue weighted by atomic mass is 35.5. The van der Waals surface area contributed by atoms with E-state index in [0.29, 0.717) is 38.9 Å². The minimum atomic E-state index is -0.443. The van der Waals surface area contributed by atoms with Crippen molar-refractivity contribution in [2.24, 2.45) is 5.16 Å². The Kier molecular flexibility index (Phi) is 3.79. The summed E-state index contributed by atoms with van der Waals surface area (Å²) in [5, 5.41) is 5.90. The summed E-state index contributed by atoms with van der Waals surface area (Å²) in [5.41, 5.74) is 1.68. The van der Waals surface area contributed by atoms with Gasteiger partial charge in [-0.2, -0.15) is 0 Å². The molecule has 3 aromatic rings. The number of hydrogen-bond acceptors (Lipinski definition) is 4. The van der Waals surface area contributed by atoms with Crippen molar-refractivity contribution in [3.63, 3.8) is 0 Å². The van der Waals surface area contributed by atoms with Crippen molar-refractivity contribution in [2.75, 3.05) is 0 Å². The van der Waals surface area contributed by atoms with Crippen LogP contribution in [0.3, 0.4) is 0 Å². The molecule has 0 bridgehead atoms. The van der Waals surface area contributed by atoms with Gasteiger partial charge in [0.25, 0.3) is 0 Å². The molecule has 1 atom stereocenters. The minimum Gasteiger partial charge on any atom is -0.422 e. The average Bonchev–Trinajstić information content (AvgIpc) is 3.03. The van der Waals surface area contributed by atoms with Gasteiger partial charge >= 0.3 is 5.63 Å². The Hall–Kier alpha value is -2.30. The van der Waals surface area contributed by atoms with Gasteiger partial charge in [-0.25, -0.2) is 4.79 Å². The lowest BCUT2D eigenvalue weighted by atomic mass is 10.0. The van der Waals surface area contributed by atoms with Crippen LogP contribution in [0.4, 0.5) is 0 Å². The van der Waals surface area contributed by atoms with E-state index in [1.54, 1.807) is 30.3 Å². The van der Waals surface area contributed by atoms with Crippen molar-refractivity contribution in [2.45, 2.75) is 12.5 Å². The molecule has 0 N–H and O–H groups in total. The van der Waals surface area contributed by atoms with Gasteiger partial charge < -0.3 is 9.25 Å². The number of hydrogen-bond donors (Lipinski definition) is 0. The van der Waals surface area contributed by atoms with Crippen LogP contribution in [0.1, 0.15) is 23.7 Å². The first-order valence-electron chi connectivity index (χ1n) is 7.33. The first-order valence-corrected chi connectivity index (χ1v) is 8.09. The summed E-state index contributed by atoms with van der Waals surface area (Å²) in [4.78, 5) is 17.7. The molecule has 0 saturated heterocycles. The van der Waals surface area contributed by atoms with E-state index in [2.05, 4.69) is 5.16 Å². The van der Waals surface area contributed by atoms with Crippen LogP contribution in [0.15, 0.2) is 62.9 Å². The van der Waals surface area contributed by atoms with Crippen LogP contribution >= 0.6 is 23.2 Å². The highest BCUT2D eigenvalue weighted by molar-refractivity contribution is 6.36. The third-order valence-corrected chi connectivity index (χ3v) is 4.60. The zero-order chi connectivity index (χ0) is 16.7. The zero-order valence-electron chi connectivity index (χ0n) is 12.3. The van der Waals surface area contributed by atoms with E-state index < -0.39 is 11.7 Å². The molecule has 0 aliphatic carbocycles. The van der Waals surface area contributed by atoms with Crippen LogP contribution < -0.4 is 5.63 Å². The first kappa shape index (κ1) is 15.2. The van der Waals surface area contributed by atoms with Crippen LogP contribution in [0.5, 0.6) is 0 Å². The Labute approximate surface area is 147 Å². The fourth-order valence-electron chi connectivity index (χ4n) is 2.77. The molecular weight excluding hydrogens is 349 g/mol. The third kappa shape index (κ3) is 2.58. The highest BCUT2D eigenvalue weighted by Gasteiger charge is 2.29. The maximum Gasteiger partial charge on any atom is 0.345 e. The number of benzene rings is 2. The molecule has 24 heavy (non-hydrogen) atoms. The van der Waals surface area contributed by atoms with Gasteiger partial charge in [-0.3, -0.25) is 0 Å². The number of rotatable bonds is 2. The second-order valence-corrected chi connectivity index (χ2v) is 6.27. The molecule has 120 valence electrons. The Bertz CT molecular complexity index is 1010. The fraction of sp³-hybridized carbons (Fsp3) is 0.111. The van der Waals surface area contributed by atoms with Crippen molar-refractivity contribution < 1.29 is 9.25 Å². The Balaban J connectivity index is 1.70. The molecule has 1 aliphatic heterocycles. The molecule has 0 radical (unpaired) electrons. The monoisotopic (exact) mass is 359 g/mol. The van der Waals surface area contributed by atoms with Crippen molar-refractivity contribution in [1.82, 2.24) is 0 Å². The minimum absolute atomic E-state index is 0.388. The predicted octanol–water partition coefficient (Wildman–Crippen LogP) is 4.97. The van der Waals surface area contributed by atoms with Crippen LogP contribution in [0.25, 0.3) is 11.0 Å². The first-order chi connectivity index (χ1) is 11.6. The molecule has 2 aromatic carbocycles. The lowest BCUT2D eigenvalue weighted by molar-refractivity contribution is 0.0859. The summed E-state index contributed by atoms with van der Waals surface area (Å²) in [6, 6.07) is 14.3. The molecule has 1 unspecified atom stereocenters. The molecule has 0 spiro atoms. The summed E-state index contributed by atoms with van der Waals surface area (Å²) < 4.78 is 5.35. The topological polar surface area (TPSA) is 51.8 Å². The number of para-hydroxylation sites is 1. The van der Waals surface area contributed by atoms with Crippen molar-refractivity contribution in [1.29, 1.82) is 0 Å². The smallest absolute Gasteiger partial charge is 0.345 e. The summed E-state index contributed by atoms with van der Waals surface area (Å²) >= 11 is 12.4. The van der Waals surface area contributed by atoms with E-state index in [1.165, 1.54) is 0 Å². The van der Waals surface area contributed by atoms with Crippen LogP contribution in [0.2, 0.25) is 10.0 Å². The molecule has 1 aromatic heterocycles. The van der Waals surface area contributed by atoms with Gasteiger partial charge in [-0.1, -0.05) is 52.6 Å². The summed E-state index contributed by atoms with van der Waals surface area (Å²) in [6.07, 6.45) is -0.0286. The van der Waals surface area contributed by atoms with E-state index in [-0.39, 0.29) is 0 Å². The molecule has 2 heterocycles. The van der Waals surface area contributed by atoms with Gasteiger partial charge in [-0.15, -0.1) is 0 Å². The molecule has 0 amide bonds. The SMILES string of the molecule is O=c1oc2ccccc2cc1C1=NOC(c2c(Cl)cccc2Cl)C1. The predicted molar refractivity (Wildman–Crippen MR) is 93.9 cm³/mol. The molecule has 1 aliphatic rings. The largest absolute Gasteiger partial charge is 0.422 e. The van der Waals surface area contributed by atoms with Crippen LogP contribution in [-0.2, 0) is 4.84 Å². The van der Waals surface area contributed by atoms with Gasteiger partial charge in [0.1, 0.15) is 5.58 Å². The number of nitrogens with zero attached hydrogens (tertiary/aromatic N) is 1. The summed E-state index contributed by atoms with van der Waals surface area (Å²) in [6.45, 7) is 0. The molecule has 0 fully saturated rings. The number of halogens is 2. The van der Waals surface area contributed by atoms with Gasteiger partial charge in [0.2, 0.25) is 0 Å². The van der Waals surface area contributed by atoms with E-state index in [4.69, 9.17) is 32.5 Å². The van der Waals surface area contributed by atoms with Gasteiger partial charge in [-0.05, 0) is 24.3 Å². The standard InChI is InChI=1S/C18H11Cl2NO3/c19-12-5-3-6-13(20)17(12)16-9-14(21-24-16)11-8-10-4-1-2-7-15(10)23-18(11)22/h1-8,16H,9H2. The zero-order valence-corrected chi connectivity index (χ0v) is 13.8. The Morgan fingerprint density at radius 1 is 1.04 bits per heavy atom. The second-order valence-electron chi connectivity index (χ2n) is 5.46. The van der Waals surface area contributed by atoms with Crippen molar-refractivity contribution in [3.8, 4) is 0 Å². The Morgan fingerprint density at radius 2 is 1.79 bits per heavy atom. The second kappa shape index (κ2) is 5.96. The Morgan fingerprint density at radius 3 is 2.58 bits per heavy atom. The molecular formula is C18H11Cl2NO3. The van der Waals surface area contributed by atoms with Gasteiger partial charge in [0, 0.05) is 27.4 Å². The van der Waals surface area contributed by atoms with E-state index in [9.17, 15) is 4.79 Å². The number of oxime groups is 1. The van der Waals surface area contributed by atoms with E-state index in [1.807, 2.05) is 18.2 Å². The lowest BCUT2D eigenvalue weighted by Gasteiger charge is -2.12. The van der Waals surface area contributed by atoms with Crippen molar-refractivity contribution in [3.05, 3.63) is 80.1 Å². The van der Waals surface area contributed by atoms with Gasteiger partial charge in [0.15, 0.2) is 6.10 Å². The molecule has 4 nitrogen and oxygen atoms in total. The highest BCUT2D eigenvalue weighted by Crippen LogP contribution is 2.37. The van der Waals surface area contributed by atoms with E-state index >= 15 is 0 Å². The lowest BCUT2D eigenvalue weighted by Crippen LogP contribution is -2.14. The average molecular weight is 360 g/mol. The van der Waals surface area contributed by atoms with Crippen molar-refractivity contribution >= 4 is 39.9 Å². The number of fused-ring (bicyclic) bond motifs is 1. The third-order valence-electron chi connectivity index (χ3n) is 3.94. The quantitative estimate of drug-likeness (QED) is 0.607. The molecule has 4 rings (SSSR count). The molecule has 6 heteroatoms. The fourth-order valence-corrected chi connectivity index (χ4v) is 3.41. The normalized spacial score (nSPS) is 16.9. The maximum atomic E-state index is 12.2. The summed E-state index contributed by atoms with van der Waals surface area (Å²) in [7, 11) is 0. The maximum absolute atomic E-state index is 12.2. The summed E-state index contributed by atoms with van der Waals surface area (Å²) in [5.74, 6) is 0.